The quantitative estimate of drug-likeness (QED) is 0.0308. The summed E-state index contributed by atoms with van der Waals surface area (Å²) < 4.78 is 0. The van der Waals surface area contributed by atoms with Gasteiger partial charge < -0.3 is 25.7 Å². The van der Waals surface area contributed by atoms with Crippen molar-refractivity contribution >= 4 is 5.91 Å². The van der Waals surface area contributed by atoms with Crippen LogP contribution in [0.2, 0.25) is 0 Å². The Bertz CT molecular complexity index is 1010. The van der Waals surface area contributed by atoms with Gasteiger partial charge in [0.15, 0.2) is 0 Å². The number of rotatable bonds is 59. The molecule has 0 aliphatic heterocycles. The lowest BCUT2D eigenvalue weighted by molar-refractivity contribution is -0.132. The Balaban J connectivity index is 3.57. The average Bonchev–Trinajstić information content (AvgIpc) is 3.35. The maximum atomic E-state index is 12.6. The Labute approximate surface area is 432 Å². The molecule has 5 N–H and O–H groups in total. The molecule has 412 valence electrons. The smallest absolute Gasteiger partial charge is 0.249 e. The molecule has 6 heteroatoms. The highest BCUT2D eigenvalue weighted by Gasteiger charge is 2.28. The fourth-order valence-electron chi connectivity index (χ4n) is 10.3. The summed E-state index contributed by atoms with van der Waals surface area (Å²) in [5, 5.41) is 44.1. The van der Waals surface area contributed by atoms with Crippen molar-refractivity contribution in [3.05, 3.63) is 12.2 Å². The van der Waals surface area contributed by atoms with Gasteiger partial charge in [-0.05, 0) is 38.5 Å². The number of aliphatic hydroxyl groups excluding tert-OH is 4. The summed E-state index contributed by atoms with van der Waals surface area (Å²) in [5.41, 5.74) is 0. The minimum absolute atomic E-state index is 0.369. The number of aliphatic hydroxyl groups is 4. The number of carbonyl (C=O) groups excluding carboxylic acids is 1. The Kier molecular flexibility index (Phi) is 57.1. The van der Waals surface area contributed by atoms with Gasteiger partial charge in [0.1, 0.15) is 12.2 Å². The number of unbranched alkanes of at least 4 members (excludes halogenated alkanes) is 48. The van der Waals surface area contributed by atoms with E-state index in [1.54, 1.807) is 0 Å². The van der Waals surface area contributed by atoms with Crippen LogP contribution in [0.3, 0.4) is 0 Å². The molecule has 6 nitrogen and oxygen atoms in total. The molecule has 69 heavy (non-hydrogen) atoms. The number of amides is 1. The molecule has 4 unspecified atom stereocenters. The van der Waals surface area contributed by atoms with E-state index >= 15 is 0 Å². The largest absolute Gasteiger partial charge is 0.394 e. The van der Waals surface area contributed by atoms with Crippen molar-refractivity contribution in [3.8, 4) is 0 Å². The van der Waals surface area contributed by atoms with E-state index in [0.29, 0.717) is 12.8 Å². The van der Waals surface area contributed by atoms with Crippen molar-refractivity contribution < 1.29 is 25.2 Å². The highest BCUT2D eigenvalue weighted by molar-refractivity contribution is 5.80. The molecule has 0 heterocycles. The Morgan fingerprint density at radius 1 is 0.348 bits per heavy atom. The normalized spacial score (nSPS) is 13.7. The van der Waals surface area contributed by atoms with Crippen LogP contribution in [0.4, 0.5) is 0 Å². The minimum Gasteiger partial charge on any atom is -0.394 e. The molecule has 4 atom stereocenters. The molecule has 0 aliphatic rings. The molecule has 0 saturated heterocycles. The fourth-order valence-corrected chi connectivity index (χ4v) is 10.3. The summed E-state index contributed by atoms with van der Waals surface area (Å²) in [6, 6.07) is -0.999. The van der Waals surface area contributed by atoms with Crippen molar-refractivity contribution in [3.63, 3.8) is 0 Å². The standard InChI is InChI=1S/C63H125NO5/c1-3-5-7-9-11-13-15-17-19-21-23-25-26-27-28-29-30-31-32-33-34-35-37-38-40-42-44-46-48-50-52-54-56-60(66)62(68)59(58-65)64-63(69)61(67)57-55-53-51-49-47-45-43-41-39-36-24-22-20-18-16-14-12-10-8-6-4-2/h48,50,59-62,65-68H,3-47,49,51-58H2,1-2H3,(H,64,69)/b50-48+. The van der Waals surface area contributed by atoms with Crippen LogP contribution >= 0.6 is 0 Å². The Morgan fingerprint density at radius 3 is 0.870 bits per heavy atom. The van der Waals surface area contributed by atoms with E-state index in [0.717, 1.165) is 38.5 Å². The molecule has 0 aromatic heterocycles. The van der Waals surface area contributed by atoms with Gasteiger partial charge >= 0.3 is 0 Å². The summed E-state index contributed by atoms with van der Waals surface area (Å²) in [4.78, 5) is 12.6. The van der Waals surface area contributed by atoms with Crippen LogP contribution in [-0.2, 0) is 4.79 Å². The zero-order valence-electron chi connectivity index (χ0n) is 46.8. The van der Waals surface area contributed by atoms with Crippen LogP contribution < -0.4 is 5.32 Å². The lowest BCUT2D eigenvalue weighted by Gasteiger charge is -2.27. The van der Waals surface area contributed by atoms with Crippen LogP contribution in [0, 0.1) is 0 Å². The molecular formula is C63H125NO5. The van der Waals surface area contributed by atoms with Gasteiger partial charge in [0.25, 0.3) is 0 Å². The second-order valence-corrected chi connectivity index (χ2v) is 22.1. The maximum Gasteiger partial charge on any atom is 0.249 e. The van der Waals surface area contributed by atoms with Gasteiger partial charge in [0, 0.05) is 0 Å². The van der Waals surface area contributed by atoms with E-state index < -0.39 is 36.9 Å². The van der Waals surface area contributed by atoms with Gasteiger partial charge in [-0.2, -0.15) is 0 Å². The van der Waals surface area contributed by atoms with E-state index in [9.17, 15) is 25.2 Å². The molecular weight excluding hydrogens is 851 g/mol. The third kappa shape index (κ3) is 51.7. The molecule has 0 aromatic carbocycles. The molecule has 0 bridgehead atoms. The van der Waals surface area contributed by atoms with Crippen molar-refractivity contribution in [2.75, 3.05) is 6.61 Å². The SMILES string of the molecule is CCCCCCCCCCCCCCCCCCCCCCCCCCCCC/C=C/CCCC(O)C(O)C(CO)NC(=O)C(O)CCCCCCCCCCCCCCCCCCCCCCC. The molecule has 0 rings (SSSR count). The van der Waals surface area contributed by atoms with Gasteiger partial charge in [0.05, 0.1) is 18.8 Å². The predicted molar refractivity (Wildman–Crippen MR) is 302 cm³/mol. The van der Waals surface area contributed by atoms with Crippen LogP contribution in [0.25, 0.3) is 0 Å². The molecule has 0 aliphatic carbocycles. The first-order chi connectivity index (χ1) is 34.0. The first kappa shape index (κ1) is 68.0. The molecule has 1 amide bonds. The lowest BCUT2D eigenvalue weighted by Crippen LogP contribution is -2.53. The predicted octanol–water partition coefficient (Wildman–Crippen LogP) is 18.8. The molecule has 0 fully saturated rings. The minimum atomic E-state index is -1.28. The summed E-state index contributed by atoms with van der Waals surface area (Å²) in [5.74, 6) is -0.586. The van der Waals surface area contributed by atoms with Crippen molar-refractivity contribution in [2.24, 2.45) is 0 Å². The van der Waals surface area contributed by atoms with E-state index in [1.807, 2.05) is 0 Å². The number of nitrogens with one attached hydrogen (secondary N) is 1. The first-order valence-corrected chi connectivity index (χ1v) is 31.6. The monoisotopic (exact) mass is 976 g/mol. The topological polar surface area (TPSA) is 110 Å². The summed E-state index contributed by atoms with van der Waals surface area (Å²) in [6.45, 7) is 4.09. The number of carbonyl (C=O) groups is 1. The Hall–Kier alpha value is -0.950. The van der Waals surface area contributed by atoms with Gasteiger partial charge in [-0.1, -0.05) is 328 Å². The molecule has 0 aromatic rings. The zero-order chi connectivity index (χ0) is 50.2. The molecule has 0 radical (unpaired) electrons. The van der Waals surface area contributed by atoms with Crippen molar-refractivity contribution in [1.29, 1.82) is 0 Å². The zero-order valence-corrected chi connectivity index (χ0v) is 46.8. The van der Waals surface area contributed by atoms with Gasteiger partial charge in [-0.15, -0.1) is 0 Å². The highest BCUT2D eigenvalue weighted by Crippen LogP contribution is 2.19. The summed E-state index contributed by atoms with van der Waals surface area (Å²) in [7, 11) is 0. The second kappa shape index (κ2) is 57.9. The number of allylic oxidation sites excluding steroid dienone is 2. The second-order valence-electron chi connectivity index (χ2n) is 22.1. The fraction of sp³-hybridized carbons (Fsp3) is 0.952. The van der Waals surface area contributed by atoms with Crippen molar-refractivity contribution in [1.82, 2.24) is 5.32 Å². The Morgan fingerprint density at radius 2 is 0.594 bits per heavy atom. The van der Waals surface area contributed by atoms with E-state index in [4.69, 9.17) is 0 Å². The van der Waals surface area contributed by atoms with Gasteiger partial charge in [-0.25, -0.2) is 0 Å². The summed E-state index contributed by atoms with van der Waals surface area (Å²) >= 11 is 0. The maximum absolute atomic E-state index is 12.6. The lowest BCUT2D eigenvalue weighted by atomic mass is 10.00. The van der Waals surface area contributed by atoms with Crippen LogP contribution in [-0.4, -0.2) is 57.3 Å². The van der Waals surface area contributed by atoms with E-state index in [1.165, 1.54) is 289 Å². The molecule has 0 spiro atoms. The first-order valence-electron chi connectivity index (χ1n) is 31.6. The summed E-state index contributed by atoms with van der Waals surface area (Å²) in [6.07, 6.45) is 70.3. The van der Waals surface area contributed by atoms with E-state index in [-0.39, 0.29) is 0 Å². The van der Waals surface area contributed by atoms with E-state index in [2.05, 4.69) is 31.3 Å². The van der Waals surface area contributed by atoms with Crippen LogP contribution in [0.1, 0.15) is 354 Å². The van der Waals surface area contributed by atoms with Gasteiger partial charge in [0.2, 0.25) is 5.91 Å². The third-order valence-corrected chi connectivity index (χ3v) is 15.2. The van der Waals surface area contributed by atoms with Crippen molar-refractivity contribution in [2.45, 2.75) is 379 Å². The molecule has 0 saturated carbocycles. The van der Waals surface area contributed by atoms with Crippen LogP contribution in [0.5, 0.6) is 0 Å². The third-order valence-electron chi connectivity index (χ3n) is 15.2. The number of hydrogen-bond donors (Lipinski definition) is 5. The van der Waals surface area contributed by atoms with Gasteiger partial charge in [-0.3, -0.25) is 4.79 Å². The number of hydrogen-bond acceptors (Lipinski definition) is 5. The van der Waals surface area contributed by atoms with Crippen LogP contribution in [0.15, 0.2) is 12.2 Å². The average molecular weight is 977 g/mol. The highest BCUT2D eigenvalue weighted by atomic mass is 16.3.